The SMILES string of the molecule is Cc1c(CCN2CCC(C(=O)O)CC2)cccc1-c1nnc(-c2ccc(OC(C)C)c(Cl)c2)s1. The minimum absolute atomic E-state index is 0.0586. The summed E-state index contributed by atoms with van der Waals surface area (Å²) in [5, 5.41) is 20.4. The monoisotopic (exact) mass is 499 g/mol. The minimum Gasteiger partial charge on any atom is -0.489 e. The smallest absolute Gasteiger partial charge is 0.306 e. The van der Waals surface area contributed by atoms with Crippen molar-refractivity contribution in [3.8, 4) is 26.9 Å². The summed E-state index contributed by atoms with van der Waals surface area (Å²) in [5.74, 6) is -0.190. The fourth-order valence-corrected chi connectivity index (χ4v) is 5.45. The molecule has 1 fully saturated rings. The summed E-state index contributed by atoms with van der Waals surface area (Å²) in [5.41, 5.74) is 4.51. The van der Waals surface area contributed by atoms with E-state index >= 15 is 0 Å². The molecule has 0 atom stereocenters. The molecule has 0 saturated carbocycles. The molecule has 1 aromatic heterocycles. The lowest BCUT2D eigenvalue weighted by molar-refractivity contribution is -0.143. The number of nitrogens with zero attached hydrogens (tertiary/aromatic N) is 3. The van der Waals surface area contributed by atoms with Crippen LogP contribution in [0.4, 0.5) is 0 Å². The van der Waals surface area contributed by atoms with Crippen molar-refractivity contribution in [3.63, 3.8) is 0 Å². The molecule has 0 aliphatic carbocycles. The molecule has 0 spiro atoms. The van der Waals surface area contributed by atoms with Crippen LogP contribution in [0, 0.1) is 12.8 Å². The minimum atomic E-state index is -0.665. The van der Waals surface area contributed by atoms with Crippen molar-refractivity contribution in [1.82, 2.24) is 15.1 Å². The predicted molar refractivity (Wildman–Crippen MR) is 137 cm³/mol. The van der Waals surface area contributed by atoms with Crippen LogP contribution in [0.3, 0.4) is 0 Å². The quantitative estimate of drug-likeness (QED) is 0.412. The van der Waals surface area contributed by atoms with Crippen LogP contribution in [0.25, 0.3) is 21.1 Å². The number of piperidine rings is 1. The fraction of sp³-hybridized carbons (Fsp3) is 0.423. The topological polar surface area (TPSA) is 75.6 Å². The van der Waals surface area contributed by atoms with Crippen molar-refractivity contribution in [1.29, 1.82) is 0 Å². The number of likely N-dealkylation sites (tertiary alicyclic amines) is 1. The van der Waals surface area contributed by atoms with Gasteiger partial charge in [-0.15, -0.1) is 10.2 Å². The molecular weight excluding hydrogens is 470 g/mol. The van der Waals surface area contributed by atoms with E-state index in [1.54, 1.807) is 11.3 Å². The normalized spacial score (nSPS) is 15.1. The van der Waals surface area contributed by atoms with Gasteiger partial charge in [0.2, 0.25) is 0 Å². The van der Waals surface area contributed by atoms with Crippen LogP contribution < -0.4 is 4.74 Å². The third-order valence-corrected chi connectivity index (χ3v) is 7.58. The average molecular weight is 500 g/mol. The molecule has 6 nitrogen and oxygen atoms in total. The number of benzene rings is 2. The molecule has 4 rings (SSSR count). The maximum atomic E-state index is 11.2. The largest absolute Gasteiger partial charge is 0.489 e. The number of aliphatic carboxylic acids is 1. The molecule has 0 radical (unpaired) electrons. The van der Waals surface area contributed by atoms with Crippen LogP contribution in [0.15, 0.2) is 36.4 Å². The zero-order valence-electron chi connectivity index (χ0n) is 19.8. The summed E-state index contributed by atoms with van der Waals surface area (Å²) in [6.45, 7) is 8.70. The molecule has 1 N–H and O–H groups in total. The van der Waals surface area contributed by atoms with Gasteiger partial charge in [-0.3, -0.25) is 4.79 Å². The molecule has 8 heteroatoms. The van der Waals surface area contributed by atoms with Gasteiger partial charge in [0.15, 0.2) is 0 Å². The summed E-state index contributed by atoms with van der Waals surface area (Å²) in [6.07, 6.45) is 2.45. The second-order valence-corrected chi connectivity index (χ2v) is 10.4. The number of carbonyl (C=O) groups is 1. The number of carboxylic acids is 1. The summed E-state index contributed by atoms with van der Waals surface area (Å²) in [4.78, 5) is 13.5. The predicted octanol–water partition coefficient (Wildman–Crippen LogP) is 5.96. The highest BCUT2D eigenvalue weighted by atomic mass is 35.5. The Morgan fingerprint density at radius 3 is 2.62 bits per heavy atom. The Bertz CT molecular complexity index is 1160. The second kappa shape index (κ2) is 10.8. The molecule has 2 heterocycles. The Balaban J connectivity index is 1.45. The van der Waals surface area contributed by atoms with Crippen molar-refractivity contribution in [3.05, 3.63) is 52.5 Å². The molecule has 1 saturated heterocycles. The number of carboxylic acid groups (broad SMARTS) is 1. The highest BCUT2D eigenvalue weighted by Crippen LogP contribution is 2.36. The lowest BCUT2D eigenvalue weighted by Crippen LogP contribution is -2.37. The molecule has 34 heavy (non-hydrogen) atoms. The standard InChI is InChI=1S/C26H30ClN3O3S/c1-16(2)33-23-8-7-20(15-22(23)27)24-28-29-25(34-24)21-6-4-5-18(17(21)3)9-12-30-13-10-19(11-14-30)26(31)32/h4-8,15-16,19H,9-14H2,1-3H3,(H,31,32). The number of ether oxygens (including phenoxy) is 1. The van der Waals surface area contributed by atoms with Crippen molar-refractivity contribution in [2.45, 2.75) is 46.1 Å². The first-order valence-electron chi connectivity index (χ1n) is 11.7. The first-order chi connectivity index (χ1) is 16.3. The van der Waals surface area contributed by atoms with Crippen molar-refractivity contribution >= 4 is 28.9 Å². The molecule has 1 aliphatic heterocycles. The summed E-state index contributed by atoms with van der Waals surface area (Å²) < 4.78 is 5.73. The van der Waals surface area contributed by atoms with E-state index in [9.17, 15) is 9.90 Å². The van der Waals surface area contributed by atoms with E-state index in [1.165, 1.54) is 11.1 Å². The highest BCUT2D eigenvalue weighted by Gasteiger charge is 2.24. The van der Waals surface area contributed by atoms with E-state index < -0.39 is 5.97 Å². The third-order valence-electron chi connectivity index (χ3n) is 6.28. The first kappa shape index (κ1) is 24.6. The Kier molecular flexibility index (Phi) is 7.86. The molecule has 180 valence electrons. The van der Waals surface area contributed by atoms with Gasteiger partial charge in [0.1, 0.15) is 15.8 Å². The zero-order valence-corrected chi connectivity index (χ0v) is 21.3. The van der Waals surface area contributed by atoms with E-state index in [0.717, 1.165) is 60.0 Å². The number of hydrogen-bond acceptors (Lipinski definition) is 6. The molecule has 0 amide bonds. The maximum absolute atomic E-state index is 11.2. The van der Waals surface area contributed by atoms with Gasteiger partial charge in [-0.05, 0) is 82.4 Å². The second-order valence-electron chi connectivity index (χ2n) is 9.02. The number of rotatable bonds is 8. The molecule has 1 aliphatic rings. The maximum Gasteiger partial charge on any atom is 0.306 e. The van der Waals surface area contributed by atoms with Gasteiger partial charge in [0, 0.05) is 17.7 Å². The van der Waals surface area contributed by atoms with E-state index in [4.69, 9.17) is 16.3 Å². The van der Waals surface area contributed by atoms with Gasteiger partial charge in [-0.25, -0.2) is 0 Å². The molecular formula is C26H30ClN3O3S. The van der Waals surface area contributed by atoms with Gasteiger partial charge in [0.25, 0.3) is 0 Å². The first-order valence-corrected chi connectivity index (χ1v) is 12.9. The van der Waals surface area contributed by atoms with E-state index in [-0.39, 0.29) is 12.0 Å². The van der Waals surface area contributed by atoms with E-state index in [2.05, 4.69) is 40.2 Å². The number of aromatic nitrogens is 2. The van der Waals surface area contributed by atoms with E-state index in [1.807, 2.05) is 32.0 Å². The van der Waals surface area contributed by atoms with Crippen LogP contribution >= 0.6 is 22.9 Å². The Morgan fingerprint density at radius 1 is 1.21 bits per heavy atom. The molecule has 2 aromatic carbocycles. The van der Waals surface area contributed by atoms with Crippen LogP contribution in [-0.2, 0) is 11.2 Å². The highest BCUT2D eigenvalue weighted by molar-refractivity contribution is 7.17. The third kappa shape index (κ3) is 5.77. The van der Waals surface area contributed by atoms with Crippen molar-refractivity contribution in [2.75, 3.05) is 19.6 Å². The van der Waals surface area contributed by atoms with Crippen molar-refractivity contribution < 1.29 is 14.6 Å². The van der Waals surface area contributed by atoms with Crippen LogP contribution in [0.1, 0.15) is 37.8 Å². The lowest BCUT2D eigenvalue weighted by atomic mass is 9.96. The summed E-state index contributed by atoms with van der Waals surface area (Å²) >= 11 is 7.97. The van der Waals surface area contributed by atoms with Gasteiger partial charge >= 0.3 is 5.97 Å². The average Bonchev–Trinajstić information content (AvgIpc) is 3.30. The molecule has 3 aromatic rings. The zero-order chi connectivity index (χ0) is 24.2. The van der Waals surface area contributed by atoms with Crippen LogP contribution in [-0.4, -0.2) is 51.9 Å². The Labute approximate surface area is 209 Å². The summed E-state index contributed by atoms with van der Waals surface area (Å²) in [6, 6.07) is 12.0. The number of halogens is 1. The fourth-order valence-electron chi connectivity index (χ4n) is 4.30. The molecule has 0 unspecified atom stereocenters. The Hall–Kier alpha value is -2.48. The van der Waals surface area contributed by atoms with Crippen molar-refractivity contribution in [2.24, 2.45) is 5.92 Å². The van der Waals surface area contributed by atoms with Gasteiger partial charge in [-0.2, -0.15) is 0 Å². The Morgan fingerprint density at radius 2 is 1.94 bits per heavy atom. The molecule has 0 bridgehead atoms. The van der Waals surface area contributed by atoms with Crippen LogP contribution in [0.2, 0.25) is 5.02 Å². The summed E-state index contributed by atoms with van der Waals surface area (Å²) in [7, 11) is 0. The van der Waals surface area contributed by atoms with E-state index in [0.29, 0.717) is 10.8 Å². The van der Waals surface area contributed by atoms with Gasteiger partial charge < -0.3 is 14.7 Å². The van der Waals surface area contributed by atoms with Gasteiger partial charge in [-0.1, -0.05) is 41.1 Å². The van der Waals surface area contributed by atoms with Crippen LogP contribution in [0.5, 0.6) is 5.75 Å². The van der Waals surface area contributed by atoms with Gasteiger partial charge in [0.05, 0.1) is 17.0 Å². The lowest BCUT2D eigenvalue weighted by Gasteiger charge is -2.30. The number of hydrogen-bond donors (Lipinski definition) is 1.